The molecule has 1 aromatic rings. The van der Waals surface area contributed by atoms with Gasteiger partial charge in [-0.05, 0) is 25.8 Å². The third-order valence-corrected chi connectivity index (χ3v) is 2.49. The Bertz CT molecular complexity index is 352. The number of rotatable bonds is 6. The normalized spacial score (nSPS) is 13.0. The van der Waals surface area contributed by atoms with E-state index in [-0.39, 0.29) is 6.04 Å². The average Bonchev–Trinajstić information content (AvgIpc) is 2.25. The van der Waals surface area contributed by atoms with Gasteiger partial charge in [-0.25, -0.2) is 5.01 Å². The van der Waals surface area contributed by atoms with Crippen molar-refractivity contribution in [3.63, 3.8) is 0 Å². The number of likely N-dealkylation sites (N-methyl/N-ethyl adjacent to an activating group) is 1. The molecule has 0 spiro atoms. The second kappa shape index (κ2) is 6.37. The molecule has 17 heavy (non-hydrogen) atoms. The van der Waals surface area contributed by atoms with E-state index in [0.717, 1.165) is 5.56 Å². The van der Waals surface area contributed by atoms with Crippen LogP contribution in [0.5, 0.6) is 0 Å². The van der Waals surface area contributed by atoms with Crippen LogP contribution in [-0.2, 0) is 11.2 Å². The topological polar surface area (TPSA) is 52.6 Å². The fourth-order valence-corrected chi connectivity index (χ4v) is 1.72. The zero-order chi connectivity index (χ0) is 12.8. The van der Waals surface area contributed by atoms with Crippen LogP contribution in [-0.4, -0.2) is 35.2 Å². The van der Waals surface area contributed by atoms with Crippen molar-refractivity contribution in [2.45, 2.75) is 32.4 Å². The maximum Gasteiger partial charge on any atom is 0.322 e. The highest BCUT2D eigenvalue weighted by atomic mass is 16.4. The maximum absolute atomic E-state index is 11.2. The van der Waals surface area contributed by atoms with Crippen molar-refractivity contribution in [2.75, 3.05) is 7.05 Å². The number of aliphatic carboxylic acids is 1. The third-order valence-electron chi connectivity index (χ3n) is 2.49. The van der Waals surface area contributed by atoms with Gasteiger partial charge in [-0.15, -0.1) is 0 Å². The molecule has 1 atom stereocenters. The number of hydrogen-bond donors (Lipinski definition) is 2. The van der Waals surface area contributed by atoms with Crippen molar-refractivity contribution in [3.05, 3.63) is 35.9 Å². The molecule has 1 unspecified atom stereocenters. The van der Waals surface area contributed by atoms with Gasteiger partial charge < -0.3 is 5.11 Å². The van der Waals surface area contributed by atoms with Crippen LogP contribution >= 0.6 is 0 Å². The monoisotopic (exact) mass is 236 g/mol. The first-order valence-corrected chi connectivity index (χ1v) is 5.76. The van der Waals surface area contributed by atoms with Crippen LogP contribution in [0.15, 0.2) is 30.3 Å². The van der Waals surface area contributed by atoms with E-state index < -0.39 is 12.0 Å². The van der Waals surface area contributed by atoms with Crippen LogP contribution in [0.2, 0.25) is 0 Å². The van der Waals surface area contributed by atoms with Crippen molar-refractivity contribution in [1.29, 1.82) is 0 Å². The van der Waals surface area contributed by atoms with Gasteiger partial charge in [0, 0.05) is 13.1 Å². The summed E-state index contributed by atoms with van der Waals surface area (Å²) in [5.41, 5.74) is 4.12. The van der Waals surface area contributed by atoms with Crippen molar-refractivity contribution in [1.82, 2.24) is 10.4 Å². The molecule has 94 valence electrons. The van der Waals surface area contributed by atoms with Gasteiger partial charge in [-0.1, -0.05) is 30.3 Å². The van der Waals surface area contributed by atoms with E-state index in [4.69, 9.17) is 0 Å². The van der Waals surface area contributed by atoms with Gasteiger partial charge in [0.05, 0.1) is 0 Å². The van der Waals surface area contributed by atoms with Crippen LogP contribution in [0.25, 0.3) is 0 Å². The molecule has 0 fully saturated rings. The molecule has 0 saturated carbocycles. The summed E-state index contributed by atoms with van der Waals surface area (Å²) in [5, 5.41) is 10.9. The Kier molecular flexibility index (Phi) is 5.12. The average molecular weight is 236 g/mol. The maximum atomic E-state index is 11.2. The lowest BCUT2D eigenvalue weighted by molar-refractivity contribution is -0.144. The summed E-state index contributed by atoms with van der Waals surface area (Å²) in [6.45, 7) is 3.97. The molecule has 1 rings (SSSR count). The highest BCUT2D eigenvalue weighted by Crippen LogP contribution is 2.07. The standard InChI is InChI=1S/C13H20N2O2/c1-10(2)14-15(3)12(13(16)17)9-11-7-5-4-6-8-11/h4-8,10,12,14H,9H2,1-3H3,(H,16,17). The summed E-state index contributed by atoms with van der Waals surface area (Å²) in [6.07, 6.45) is 0.492. The molecule has 0 aliphatic rings. The first-order valence-electron chi connectivity index (χ1n) is 5.76. The quantitative estimate of drug-likeness (QED) is 0.735. The number of benzene rings is 1. The summed E-state index contributed by atoms with van der Waals surface area (Å²) in [4.78, 5) is 11.2. The molecule has 4 nitrogen and oxygen atoms in total. The van der Waals surface area contributed by atoms with E-state index in [2.05, 4.69) is 5.43 Å². The third kappa shape index (κ3) is 4.54. The second-order valence-corrected chi connectivity index (χ2v) is 4.44. The second-order valence-electron chi connectivity index (χ2n) is 4.44. The minimum atomic E-state index is -0.815. The van der Waals surface area contributed by atoms with Gasteiger partial charge in [-0.3, -0.25) is 10.2 Å². The van der Waals surface area contributed by atoms with Gasteiger partial charge in [0.25, 0.3) is 0 Å². The fourth-order valence-electron chi connectivity index (χ4n) is 1.72. The molecule has 0 heterocycles. The molecule has 0 aromatic heterocycles. The molecule has 1 aromatic carbocycles. The van der Waals surface area contributed by atoms with Crippen LogP contribution in [0.1, 0.15) is 19.4 Å². The Morgan fingerprint density at radius 2 is 1.94 bits per heavy atom. The zero-order valence-corrected chi connectivity index (χ0v) is 10.6. The van der Waals surface area contributed by atoms with Crippen molar-refractivity contribution < 1.29 is 9.90 Å². The zero-order valence-electron chi connectivity index (χ0n) is 10.6. The van der Waals surface area contributed by atoms with E-state index in [1.165, 1.54) is 0 Å². The predicted octanol–water partition coefficient (Wildman–Crippen LogP) is 1.53. The van der Waals surface area contributed by atoms with Gasteiger partial charge in [0.1, 0.15) is 6.04 Å². The van der Waals surface area contributed by atoms with Crippen LogP contribution in [0, 0.1) is 0 Å². The van der Waals surface area contributed by atoms with Gasteiger partial charge in [-0.2, -0.15) is 0 Å². The van der Waals surface area contributed by atoms with E-state index >= 15 is 0 Å². The highest BCUT2D eigenvalue weighted by molar-refractivity contribution is 5.73. The van der Waals surface area contributed by atoms with E-state index in [0.29, 0.717) is 6.42 Å². The molecule has 0 saturated heterocycles. The highest BCUT2D eigenvalue weighted by Gasteiger charge is 2.23. The Labute approximate surface area is 102 Å². The number of carbonyl (C=O) groups is 1. The van der Waals surface area contributed by atoms with Gasteiger partial charge >= 0.3 is 5.97 Å². The van der Waals surface area contributed by atoms with E-state index in [1.54, 1.807) is 12.1 Å². The Hall–Kier alpha value is -1.39. The number of nitrogens with one attached hydrogen (secondary N) is 1. The van der Waals surface area contributed by atoms with Crippen LogP contribution in [0.3, 0.4) is 0 Å². The Morgan fingerprint density at radius 3 is 2.41 bits per heavy atom. The van der Waals surface area contributed by atoms with E-state index in [9.17, 15) is 9.90 Å². The number of hydrazine groups is 1. The number of carboxylic acids is 1. The molecule has 0 radical (unpaired) electrons. The summed E-state index contributed by atoms with van der Waals surface area (Å²) < 4.78 is 0. The van der Waals surface area contributed by atoms with Crippen LogP contribution < -0.4 is 5.43 Å². The molecule has 0 aliphatic heterocycles. The van der Waals surface area contributed by atoms with Gasteiger partial charge in [0.15, 0.2) is 0 Å². The fraction of sp³-hybridized carbons (Fsp3) is 0.462. The van der Waals surface area contributed by atoms with Crippen LogP contribution in [0.4, 0.5) is 0 Å². The van der Waals surface area contributed by atoms with Crippen molar-refractivity contribution in [2.24, 2.45) is 0 Å². The molecule has 0 bridgehead atoms. The lowest BCUT2D eigenvalue weighted by Gasteiger charge is -2.27. The summed E-state index contributed by atoms with van der Waals surface area (Å²) >= 11 is 0. The smallest absolute Gasteiger partial charge is 0.322 e. The number of nitrogens with zero attached hydrogens (tertiary/aromatic N) is 1. The molecule has 0 aliphatic carbocycles. The van der Waals surface area contributed by atoms with E-state index in [1.807, 2.05) is 44.2 Å². The Balaban J connectivity index is 2.70. The molecule has 2 N–H and O–H groups in total. The summed E-state index contributed by atoms with van der Waals surface area (Å²) in [6, 6.07) is 9.32. The Morgan fingerprint density at radius 1 is 1.35 bits per heavy atom. The number of hydrogen-bond acceptors (Lipinski definition) is 3. The molecule has 0 amide bonds. The predicted molar refractivity (Wildman–Crippen MR) is 67.6 cm³/mol. The first-order chi connectivity index (χ1) is 8.00. The molecular weight excluding hydrogens is 216 g/mol. The summed E-state index contributed by atoms with van der Waals surface area (Å²) in [5.74, 6) is -0.815. The van der Waals surface area contributed by atoms with Crippen molar-refractivity contribution >= 4 is 5.97 Å². The summed E-state index contributed by atoms with van der Waals surface area (Å²) in [7, 11) is 1.77. The number of carboxylic acid groups (broad SMARTS) is 1. The minimum Gasteiger partial charge on any atom is -0.480 e. The van der Waals surface area contributed by atoms with Gasteiger partial charge in [0.2, 0.25) is 0 Å². The molecular formula is C13H20N2O2. The van der Waals surface area contributed by atoms with Crippen molar-refractivity contribution in [3.8, 4) is 0 Å². The SMILES string of the molecule is CC(C)NN(C)C(Cc1ccccc1)C(=O)O. The largest absolute Gasteiger partial charge is 0.480 e. The lowest BCUT2D eigenvalue weighted by Crippen LogP contribution is -2.50. The first kappa shape index (κ1) is 13.7. The lowest BCUT2D eigenvalue weighted by atomic mass is 10.1. The molecule has 4 heteroatoms. The minimum absolute atomic E-state index is 0.220.